The van der Waals surface area contributed by atoms with Gasteiger partial charge in [-0.2, -0.15) is 0 Å². The summed E-state index contributed by atoms with van der Waals surface area (Å²) in [6, 6.07) is 9.32. The van der Waals surface area contributed by atoms with E-state index in [0.717, 1.165) is 18.8 Å². The van der Waals surface area contributed by atoms with E-state index in [1.807, 2.05) is 26.0 Å². The fourth-order valence-corrected chi connectivity index (χ4v) is 4.36. The molecule has 156 valence electrons. The van der Waals surface area contributed by atoms with Gasteiger partial charge in [-0.05, 0) is 44.2 Å². The molecule has 0 radical (unpaired) electrons. The summed E-state index contributed by atoms with van der Waals surface area (Å²) in [6.45, 7) is 10.0. The number of ether oxygens (including phenoxy) is 2. The SMILES string of the molecule is COc1cc(OC(C)C)c(Cl)cc1C(=O)Nc1cccc2c1C(C)(C)CN(C)C2. The number of nitrogens with zero attached hydrogens (tertiary/aromatic N) is 1. The number of halogens is 1. The number of nitrogens with one attached hydrogen (secondary N) is 1. The molecular weight excluding hydrogens is 388 g/mol. The smallest absolute Gasteiger partial charge is 0.259 e. The Balaban J connectivity index is 1.96. The quantitative estimate of drug-likeness (QED) is 0.735. The third kappa shape index (κ3) is 4.51. The van der Waals surface area contributed by atoms with Gasteiger partial charge in [-0.15, -0.1) is 0 Å². The van der Waals surface area contributed by atoms with Gasteiger partial charge >= 0.3 is 0 Å². The molecule has 0 unspecified atom stereocenters. The van der Waals surface area contributed by atoms with Gasteiger partial charge in [-0.25, -0.2) is 0 Å². The van der Waals surface area contributed by atoms with Gasteiger partial charge in [-0.3, -0.25) is 4.79 Å². The summed E-state index contributed by atoms with van der Waals surface area (Å²) >= 11 is 6.36. The lowest BCUT2D eigenvalue weighted by atomic mass is 9.77. The molecule has 0 saturated carbocycles. The minimum absolute atomic E-state index is 0.0342. The summed E-state index contributed by atoms with van der Waals surface area (Å²) in [5.41, 5.74) is 3.52. The first-order valence-electron chi connectivity index (χ1n) is 9.79. The summed E-state index contributed by atoms with van der Waals surface area (Å²) in [7, 11) is 3.64. The number of hydrogen-bond donors (Lipinski definition) is 1. The second kappa shape index (κ2) is 8.25. The van der Waals surface area contributed by atoms with Crippen molar-refractivity contribution in [3.8, 4) is 11.5 Å². The van der Waals surface area contributed by atoms with E-state index in [1.165, 1.54) is 18.2 Å². The van der Waals surface area contributed by atoms with E-state index in [1.54, 1.807) is 12.1 Å². The van der Waals surface area contributed by atoms with Crippen LogP contribution in [-0.2, 0) is 12.0 Å². The zero-order valence-electron chi connectivity index (χ0n) is 17.9. The number of rotatable bonds is 5. The lowest BCUT2D eigenvalue weighted by Crippen LogP contribution is -2.40. The van der Waals surface area contributed by atoms with Gasteiger partial charge in [0.2, 0.25) is 0 Å². The molecule has 1 heterocycles. The topological polar surface area (TPSA) is 50.8 Å². The van der Waals surface area contributed by atoms with Crippen molar-refractivity contribution >= 4 is 23.2 Å². The lowest BCUT2D eigenvalue weighted by Gasteiger charge is -2.39. The molecule has 1 aliphatic heterocycles. The van der Waals surface area contributed by atoms with E-state index in [4.69, 9.17) is 21.1 Å². The number of likely N-dealkylation sites (N-methyl/N-ethyl adjacent to an activating group) is 1. The van der Waals surface area contributed by atoms with Crippen LogP contribution in [0.4, 0.5) is 5.69 Å². The van der Waals surface area contributed by atoms with Crippen molar-refractivity contribution in [2.75, 3.05) is 26.0 Å². The normalized spacial score (nSPS) is 15.7. The molecule has 0 aromatic heterocycles. The van der Waals surface area contributed by atoms with Gasteiger partial charge < -0.3 is 19.7 Å². The molecular formula is C23H29ClN2O3. The fraction of sp³-hybridized carbons (Fsp3) is 0.435. The molecule has 0 spiro atoms. The van der Waals surface area contributed by atoms with Crippen molar-refractivity contribution in [2.45, 2.75) is 45.8 Å². The second-order valence-electron chi connectivity index (χ2n) is 8.50. The van der Waals surface area contributed by atoms with Crippen molar-refractivity contribution in [3.63, 3.8) is 0 Å². The van der Waals surface area contributed by atoms with E-state index < -0.39 is 0 Å². The molecule has 3 rings (SSSR count). The summed E-state index contributed by atoms with van der Waals surface area (Å²) in [5.74, 6) is 0.658. The number of anilines is 1. The van der Waals surface area contributed by atoms with Gasteiger partial charge in [-0.1, -0.05) is 37.6 Å². The highest BCUT2D eigenvalue weighted by Crippen LogP contribution is 2.39. The number of fused-ring (bicyclic) bond motifs is 1. The number of benzene rings is 2. The molecule has 5 nitrogen and oxygen atoms in total. The summed E-state index contributed by atoms with van der Waals surface area (Å²) < 4.78 is 11.1. The molecule has 1 N–H and O–H groups in total. The van der Waals surface area contributed by atoms with Crippen LogP contribution in [0.3, 0.4) is 0 Å². The van der Waals surface area contributed by atoms with Crippen LogP contribution in [-0.4, -0.2) is 37.6 Å². The molecule has 0 aliphatic carbocycles. The van der Waals surface area contributed by atoms with Crippen molar-refractivity contribution < 1.29 is 14.3 Å². The monoisotopic (exact) mass is 416 g/mol. The lowest BCUT2D eigenvalue weighted by molar-refractivity contribution is 0.102. The average molecular weight is 417 g/mol. The van der Waals surface area contributed by atoms with Gasteiger partial charge in [0.15, 0.2) is 0 Å². The zero-order chi connectivity index (χ0) is 21.3. The fourth-order valence-electron chi connectivity index (χ4n) is 4.15. The van der Waals surface area contributed by atoms with Gasteiger partial charge in [0, 0.05) is 30.3 Å². The largest absolute Gasteiger partial charge is 0.496 e. The number of hydrogen-bond acceptors (Lipinski definition) is 4. The van der Waals surface area contributed by atoms with Crippen LogP contribution in [0.5, 0.6) is 11.5 Å². The van der Waals surface area contributed by atoms with Crippen LogP contribution in [0.2, 0.25) is 5.02 Å². The molecule has 0 saturated heterocycles. The molecule has 0 fully saturated rings. The first-order chi connectivity index (χ1) is 13.6. The Labute approximate surface area is 177 Å². The maximum Gasteiger partial charge on any atom is 0.259 e. The Morgan fingerprint density at radius 3 is 2.62 bits per heavy atom. The highest BCUT2D eigenvalue weighted by atomic mass is 35.5. The van der Waals surface area contributed by atoms with Crippen LogP contribution >= 0.6 is 11.6 Å². The summed E-state index contributed by atoms with van der Waals surface area (Å²) in [4.78, 5) is 15.4. The first kappa shape index (κ1) is 21.5. The average Bonchev–Trinajstić information content (AvgIpc) is 2.61. The van der Waals surface area contributed by atoms with Crippen LogP contribution in [0.1, 0.15) is 49.2 Å². The molecule has 1 aliphatic rings. The Kier molecular flexibility index (Phi) is 6.11. The maximum absolute atomic E-state index is 13.1. The van der Waals surface area contributed by atoms with E-state index in [-0.39, 0.29) is 17.4 Å². The standard InChI is InChI=1S/C23H29ClN2O3/c1-14(2)29-20-11-19(28-6)16(10-17(20)24)22(27)25-18-9-7-8-15-12-26(5)13-23(3,4)21(15)18/h7-11,14H,12-13H2,1-6H3,(H,25,27). The third-order valence-electron chi connectivity index (χ3n) is 5.04. The van der Waals surface area contributed by atoms with Crippen molar-refractivity contribution in [2.24, 2.45) is 0 Å². The molecule has 29 heavy (non-hydrogen) atoms. The van der Waals surface area contributed by atoms with Gasteiger partial charge in [0.05, 0.1) is 23.8 Å². The molecule has 2 aromatic carbocycles. The molecule has 0 bridgehead atoms. The van der Waals surface area contributed by atoms with Crippen LogP contribution < -0.4 is 14.8 Å². The van der Waals surface area contributed by atoms with Gasteiger partial charge in [0.1, 0.15) is 11.5 Å². The maximum atomic E-state index is 13.1. The van der Waals surface area contributed by atoms with E-state index in [0.29, 0.717) is 22.1 Å². The van der Waals surface area contributed by atoms with Crippen molar-refractivity contribution in [1.82, 2.24) is 4.90 Å². The first-order valence-corrected chi connectivity index (χ1v) is 10.2. The van der Waals surface area contributed by atoms with Crippen LogP contribution in [0.25, 0.3) is 0 Å². The third-order valence-corrected chi connectivity index (χ3v) is 5.34. The Bertz CT molecular complexity index is 925. The Hall–Kier alpha value is -2.24. The molecule has 1 amide bonds. The zero-order valence-corrected chi connectivity index (χ0v) is 18.7. The Morgan fingerprint density at radius 1 is 1.24 bits per heavy atom. The summed E-state index contributed by atoms with van der Waals surface area (Å²) in [5, 5.41) is 3.46. The highest BCUT2D eigenvalue weighted by Gasteiger charge is 2.33. The number of carbonyl (C=O) groups excluding carboxylic acids is 1. The summed E-state index contributed by atoms with van der Waals surface area (Å²) in [6.07, 6.45) is -0.0342. The Morgan fingerprint density at radius 2 is 1.97 bits per heavy atom. The highest BCUT2D eigenvalue weighted by molar-refractivity contribution is 6.32. The second-order valence-corrected chi connectivity index (χ2v) is 8.91. The predicted molar refractivity (Wildman–Crippen MR) is 118 cm³/mol. The molecule has 0 atom stereocenters. The predicted octanol–water partition coefficient (Wildman–Crippen LogP) is 5.11. The molecule has 2 aromatic rings. The van der Waals surface area contributed by atoms with Crippen LogP contribution in [0.15, 0.2) is 30.3 Å². The number of methoxy groups -OCH3 is 1. The number of carbonyl (C=O) groups is 1. The van der Waals surface area contributed by atoms with Crippen LogP contribution in [0, 0.1) is 0 Å². The van der Waals surface area contributed by atoms with Crippen molar-refractivity contribution in [1.29, 1.82) is 0 Å². The van der Waals surface area contributed by atoms with E-state index in [9.17, 15) is 4.79 Å². The van der Waals surface area contributed by atoms with Crippen molar-refractivity contribution in [3.05, 3.63) is 52.0 Å². The van der Waals surface area contributed by atoms with E-state index >= 15 is 0 Å². The van der Waals surface area contributed by atoms with E-state index in [2.05, 4.69) is 37.2 Å². The minimum Gasteiger partial charge on any atom is -0.496 e. The minimum atomic E-state index is -0.261. The number of amides is 1. The van der Waals surface area contributed by atoms with Gasteiger partial charge in [0.25, 0.3) is 5.91 Å². The molecule has 6 heteroatoms.